The molecule has 0 radical (unpaired) electrons. The first-order valence-corrected chi connectivity index (χ1v) is 8.51. The highest BCUT2D eigenvalue weighted by Gasteiger charge is 2.25. The summed E-state index contributed by atoms with van der Waals surface area (Å²) in [6, 6.07) is 0. The Bertz CT molecular complexity index is 389. The SMILES string of the molecule is CCCC(=O)OC[C@H](COP(=O)(O)OCCN)OC(=O)CC. The molecule has 22 heavy (non-hydrogen) atoms. The van der Waals surface area contributed by atoms with E-state index in [1.807, 2.05) is 6.92 Å². The number of hydrogen-bond donors (Lipinski definition) is 2. The number of carbonyl (C=O) groups excluding carboxylic acids is 2. The van der Waals surface area contributed by atoms with E-state index >= 15 is 0 Å². The molecule has 0 saturated carbocycles. The van der Waals surface area contributed by atoms with Crippen molar-refractivity contribution in [3.8, 4) is 0 Å². The molecule has 0 aliphatic carbocycles. The van der Waals surface area contributed by atoms with Crippen LogP contribution in [0.4, 0.5) is 0 Å². The average Bonchev–Trinajstić information content (AvgIpc) is 2.48. The fraction of sp³-hybridized carbons (Fsp3) is 0.833. The third kappa shape index (κ3) is 10.7. The third-order valence-electron chi connectivity index (χ3n) is 2.27. The zero-order valence-electron chi connectivity index (χ0n) is 12.9. The molecule has 9 nitrogen and oxygen atoms in total. The Morgan fingerprint density at radius 2 is 1.86 bits per heavy atom. The molecule has 0 aliphatic heterocycles. The summed E-state index contributed by atoms with van der Waals surface area (Å²) in [6.07, 6.45) is -0.0314. The first-order valence-electron chi connectivity index (χ1n) is 7.01. The van der Waals surface area contributed by atoms with Crippen LogP contribution in [0.3, 0.4) is 0 Å². The van der Waals surface area contributed by atoms with Gasteiger partial charge in [-0.15, -0.1) is 0 Å². The number of esters is 2. The van der Waals surface area contributed by atoms with Crippen LogP contribution >= 0.6 is 7.82 Å². The molecule has 10 heteroatoms. The Kier molecular flexibility index (Phi) is 11.0. The molecule has 0 aromatic rings. The molecule has 0 aromatic carbocycles. The van der Waals surface area contributed by atoms with E-state index in [1.54, 1.807) is 6.92 Å². The highest BCUT2D eigenvalue weighted by molar-refractivity contribution is 7.47. The topological polar surface area (TPSA) is 134 Å². The lowest BCUT2D eigenvalue weighted by molar-refractivity contribution is -0.161. The second-order valence-corrected chi connectivity index (χ2v) is 5.74. The fourth-order valence-electron chi connectivity index (χ4n) is 1.23. The Hall–Kier alpha value is -0.990. The van der Waals surface area contributed by atoms with Crippen molar-refractivity contribution in [2.75, 3.05) is 26.4 Å². The van der Waals surface area contributed by atoms with Crippen LogP contribution in [0.25, 0.3) is 0 Å². The van der Waals surface area contributed by atoms with Gasteiger partial charge in [-0.2, -0.15) is 0 Å². The van der Waals surface area contributed by atoms with Gasteiger partial charge >= 0.3 is 19.8 Å². The Balaban J connectivity index is 4.42. The molecule has 0 aliphatic rings. The van der Waals surface area contributed by atoms with Crippen LogP contribution < -0.4 is 5.73 Å². The van der Waals surface area contributed by atoms with E-state index in [-0.39, 0.29) is 32.6 Å². The summed E-state index contributed by atoms with van der Waals surface area (Å²) in [5, 5.41) is 0. The van der Waals surface area contributed by atoms with Gasteiger partial charge in [0.25, 0.3) is 0 Å². The fourth-order valence-corrected chi connectivity index (χ4v) is 2.00. The van der Waals surface area contributed by atoms with Gasteiger partial charge in [-0.3, -0.25) is 18.6 Å². The molecule has 3 N–H and O–H groups in total. The molecular formula is C12H24NO8P. The van der Waals surface area contributed by atoms with E-state index < -0.39 is 32.5 Å². The number of ether oxygens (including phenoxy) is 2. The third-order valence-corrected chi connectivity index (χ3v) is 3.25. The summed E-state index contributed by atoms with van der Waals surface area (Å²) >= 11 is 0. The molecule has 0 heterocycles. The number of carbonyl (C=O) groups is 2. The van der Waals surface area contributed by atoms with Gasteiger partial charge in [0.05, 0.1) is 13.2 Å². The molecule has 130 valence electrons. The normalized spacial score (nSPS) is 14.9. The van der Waals surface area contributed by atoms with Crippen LogP contribution in [0.2, 0.25) is 0 Å². The molecule has 0 amide bonds. The van der Waals surface area contributed by atoms with Crippen molar-refractivity contribution in [1.82, 2.24) is 0 Å². The van der Waals surface area contributed by atoms with E-state index in [4.69, 9.17) is 19.7 Å². The van der Waals surface area contributed by atoms with E-state index in [0.29, 0.717) is 6.42 Å². The lowest BCUT2D eigenvalue weighted by atomic mass is 10.3. The van der Waals surface area contributed by atoms with Gasteiger partial charge in [-0.05, 0) is 6.42 Å². The molecular weight excluding hydrogens is 317 g/mol. The summed E-state index contributed by atoms with van der Waals surface area (Å²) < 4.78 is 30.6. The minimum atomic E-state index is -4.29. The number of nitrogens with two attached hydrogens (primary N) is 1. The lowest BCUT2D eigenvalue weighted by Gasteiger charge is -2.19. The molecule has 1 unspecified atom stereocenters. The monoisotopic (exact) mass is 341 g/mol. The van der Waals surface area contributed by atoms with Crippen molar-refractivity contribution in [2.24, 2.45) is 5.73 Å². The molecule has 0 saturated heterocycles. The summed E-state index contributed by atoms with van der Waals surface area (Å²) in [7, 11) is -4.29. The quantitative estimate of drug-likeness (QED) is 0.389. The van der Waals surface area contributed by atoms with Gasteiger partial charge in [0.2, 0.25) is 0 Å². The van der Waals surface area contributed by atoms with Crippen molar-refractivity contribution < 1.29 is 37.6 Å². The highest BCUT2D eigenvalue weighted by Crippen LogP contribution is 2.42. The van der Waals surface area contributed by atoms with Crippen molar-refractivity contribution >= 4 is 19.8 Å². The van der Waals surface area contributed by atoms with Crippen LogP contribution in [-0.4, -0.2) is 49.3 Å². The zero-order valence-corrected chi connectivity index (χ0v) is 13.8. The van der Waals surface area contributed by atoms with Crippen LogP contribution in [-0.2, 0) is 32.7 Å². The van der Waals surface area contributed by atoms with E-state index in [2.05, 4.69) is 4.52 Å². The maximum absolute atomic E-state index is 11.5. The molecule has 2 atom stereocenters. The van der Waals surface area contributed by atoms with Gasteiger partial charge in [0.15, 0.2) is 6.10 Å². The smallest absolute Gasteiger partial charge is 0.462 e. The van der Waals surface area contributed by atoms with E-state index in [0.717, 1.165) is 0 Å². The van der Waals surface area contributed by atoms with E-state index in [9.17, 15) is 19.0 Å². The minimum absolute atomic E-state index is 0.0524. The Morgan fingerprint density at radius 1 is 1.18 bits per heavy atom. The number of phosphoric acid groups is 1. The molecule has 0 bridgehead atoms. The maximum Gasteiger partial charge on any atom is 0.472 e. The standard InChI is InChI=1S/C12H24NO8P/c1-3-5-12(15)18-8-10(21-11(14)4-2)9-20-22(16,17)19-7-6-13/h10H,3-9,13H2,1-2H3,(H,16,17)/t10-/m1/s1. The number of phosphoric ester groups is 1. The molecule has 0 fully saturated rings. The first-order chi connectivity index (χ1) is 10.3. The van der Waals surface area contributed by atoms with Gasteiger partial charge < -0.3 is 20.1 Å². The molecule has 0 spiro atoms. The Labute approximate surface area is 129 Å². The van der Waals surface area contributed by atoms with Crippen molar-refractivity contribution in [1.29, 1.82) is 0 Å². The predicted octanol–water partition coefficient (Wildman–Crippen LogP) is 0.744. The molecule has 0 rings (SSSR count). The second-order valence-electron chi connectivity index (χ2n) is 4.28. The van der Waals surface area contributed by atoms with Gasteiger partial charge in [0.1, 0.15) is 6.61 Å². The summed E-state index contributed by atoms with van der Waals surface area (Å²) in [6.45, 7) is 2.60. The zero-order chi connectivity index (χ0) is 17.0. The molecule has 0 aromatic heterocycles. The highest BCUT2D eigenvalue weighted by atomic mass is 31.2. The maximum atomic E-state index is 11.5. The van der Waals surface area contributed by atoms with Gasteiger partial charge in [-0.1, -0.05) is 13.8 Å². The van der Waals surface area contributed by atoms with Crippen LogP contribution in [0.15, 0.2) is 0 Å². The van der Waals surface area contributed by atoms with Crippen LogP contribution in [0, 0.1) is 0 Å². The van der Waals surface area contributed by atoms with Crippen molar-refractivity contribution in [3.05, 3.63) is 0 Å². The summed E-state index contributed by atoms with van der Waals surface area (Å²) in [5.74, 6) is -0.998. The Morgan fingerprint density at radius 3 is 2.41 bits per heavy atom. The van der Waals surface area contributed by atoms with Crippen LogP contribution in [0.1, 0.15) is 33.1 Å². The first kappa shape index (κ1) is 21.0. The average molecular weight is 341 g/mol. The van der Waals surface area contributed by atoms with Crippen molar-refractivity contribution in [2.45, 2.75) is 39.2 Å². The van der Waals surface area contributed by atoms with Gasteiger partial charge in [0, 0.05) is 19.4 Å². The second kappa shape index (κ2) is 11.6. The van der Waals surface area contributed by atoms with Gasteiger partial charge in [-0.25, -0.2) is 4.57 Å². The summed E-state index contributed by atoms with van der Waals surface area (Å²) in [4.78, 5) is 31.9. The lowest BCUT2D eigenvalue weighted by Crippen LogP contribution is -2.29. The van der Waals surface area contributed by atoms with Crippen molar-refractivity contribution in [3.63, 3.8) is 0 Å². The number of rotatable bonds is 12. The number of hydrogen-bond acceptors (Lipinski definition) is 8. The summed E-state index contributed by atoms with van der Waals surface area (Å²) in [5.41, 5.74) is 5.15. The minimum Gasteiger partial charge on any atom is -0.462 e. The largest absolute Gasteiger partial charge is 0.472 e. The van der Waals surface area contributed by atoms with Crippen LogP contribution in [0.5, 0.6) is 0 Å². The predicted molar refractivity (Wildman–Crippen MR) is 76.8 cm³/mol. The van der Waals surface area contributed by atoms with E-state index in [1.165, 1.54) is 0 Å².